The van der Waals surface area contributed by atoms with Crippen LogP contribution < -0.4 is 10.6 Å². The van der Waals surface area contributed by atoms with E-state index in [1.54, 1.807) is 0 Å². The lowest BCUT2D eigenvalue weighted by Gasteiger charge is -2.39. The summed E-state index contributed by atoms with van der Waals surface area (Å²) in [4.78, 5) is 12.5. The van der Waals surface area contributed by atoms with Crippen molar-refractivity contribution >= 4 is 5.91 Å². The SMILES string of the molecule is CC1CCC(CO)(NC(=O)C2CC23CCNCC3)CC1. The summed E-state index contributed by atoms with van der Waals surface area (Å²) in [6.45, 7) is 4.44. The molecule has 3 N–H and O–H groups in total. The van der Waals surface area contributed by atoms with Crippen LogP contribution in [-0.2, 0) is 4.79 Å². The summed E-state index contributed by atoms with van der Waals surface area (Å²) in [5.41, 5.74) is -0.0474. The molecule has 1 amide bonds. The molecular formula is C16H28N2O2. The number of aliphatic hydroxyl groups excluding tert-OH is 1. The van der Waals surface area contributed by atoms with Gasteiger partial charge in [-0.25, -0.2) is 0 Å². The van der Waals surface area contributed by atoms with Crippen LogP contribution in [0.2, 0.25) is 0 Å². The van der Waals surface area contributed by atoms with Crippen molar-refractivity contribution in [3.63, 3.8) is 0 Å². The topological polar surface area (TPSA) is 61.4 Å². The summed E-state index contributed by atoms with van der Waals surface area (Å²) < 4.78 is 0. The van der Waals surface area contributed by atoms with Gasteiger partial charge in [0.15, 0.2) is 0 Å². The molecule has 0 bridgehead atoms. The van der Waals surface area contributed by atoms with Gasteiger partial charge in [-0.2, -0.15) is 0 Å². The Balaban J connectivity index is 1.58. The van der Waals surface area contributed by atoms with Crippen LogP contribution >= 0.6 is 0 Å². The molecule has 1 heterocycles. The van der Waals surface area contributed by atoms with Crippen molar-refractivity contribution in [2.24, 2.45) is 17.3 Å². The number of amides is 1. The van der Waals surface area contributed by atoms with Crippen molar-refractivity contribution < 1.29 is 9.90 Å². The molecule has 1 atom stereocenters. The van der Waals surface area contributed by atoms with Crippen molar-refractivity contribution in [2.75, 3.05) is 19.7 Å². The van der Waals surface area contributed by atoms with E-state index in [1.165, 1.54) is 0 Å². The van der Waals surface area contributed by atoms with E-state index in [2.05, 4.69) is 17.6 Å². The van der Waals surface area contributed by atoms with Crippen molar-refractivity contribution in [2.45, 2.75) is 57.4 Å². The molecule has 1 saturated heterocycles. The second kappa shape index (κ2) is 5.30. The van der Waals surface area contributed by atoms with Gasteiger partial charge >= 0.3 is 0 Å². The molecule has 3 rings (SSSR count). The van der Waals surface area contributed by atoms with Crippen molar-refractivity contribution in [3.05, 3.63) is 0 Å². The standard InChI is InChI=1S/C16H28N2O2/c1-12-2-4-16(11-19,5-3-12)18-14(20)13-10-15(13)6-8-17-9-7-15/h12-13,17,19H,2-11H2,1H3,(H,18,20). The van der Waals surface area contributed by atoms with Gasteiger partial charge < -0.3 is 15.7 Å². The summed E-state index contributed by atoms with van der Waals surface area (Å²) in [7, 11) is 0. The number of nitrogens with one attached hydrogen (secondary N) is 2. The molecule has 1 unspecified atom stereocenters. The van der Waals surface area contributed by atoms with Gasteiger partial charge in [-0.1, -0.05) is 6.92 Å². The second-order valence-corrected chi connectivity index (χ2v) is 7.48. The van der Waals surface area contributed by atoms with E-state index >= 15 is 0 Å². The fourth-order valence-corrected chi connectivity index (χ4v) is 4.18. The van der Waals surface area contributed by atoms with Gasteiger partial charge in [0.1, 0.15) is 0 Å². The highest BCUT2D eigenvalue weighted by atomic mass is 16.3. The fourth-order valence-electron chi connectivity index (χ4n) is 4.18. The average molecular weight is 280 g/mol. The van der Waals surface area contributed by atoms with Gasteiger partial charge in [-0.15, -0.1) is 0 Å². The first-order valence-electron chi connectivity index (χ1n) is 8.23. The predicted octanol–water partition coefficient (Wildman–Crippen LogP) is 1.43. The summed E-state index contributed by atoms with van der Waals surface area (Å²) >= 11 is 0. The summed E-state index contributed by atoms with van der Waals surface area (Å²) in [6.07, 6.45) is 7.40. The van der Waals surface area contributed by atoms with E-state index in [0.29, 0.717) is 0 Å². The Morgan fingerprint density at radius 2 is 1.90 bits per heavy atom. The van der Waals surface area contributed by atoms with E-state index in [-0.39, 0.29) is 29.4 Å². The zero-order chi connectivity index (χ0) is 14.2. The fraction of sp³-hybridized carbons (Fsp3) is 0.938. The predicted molar refractivity (Wildman–Crippen MR) is 78.2 cm³/mol. The lowest BCUT2D eigenvalue weighted by atomic mass is 9.77. The van der Waals surface area contributed by atoms with Crippen molar-refractivity contribution in [1.82, 2.24) is 10.6 Å². The minimum absolute atomic E-state index is 0.0900. The first-order valence-corrected chi connectivity index (χ1v) is 8.23. The van der Waals surface area contributed by atoms with Gasteiger partial charge in [0.25, 0.3) is 0 Å². The molecule has 2 saturated carbocycles. The maximum absolute atomic E-state index is 12.5. The number of carbonyl (C=O) groups is 1. The van der Waals surface area contributed by atoms with Crippen LogP contribution in [0, 0.1) is 17.3 Å². The van der Waals surface area contributed by atoms with Crippen molar-refractivity contribution in [1.29, 1.82) is 0 Å². The third-order valence-corrected chi connectivity index (χ3v) is 6.03. The van der Waals surface area contributed by atoms with E-state index in [4.69, 9.17) is 0 Å². The van der Waals surface area contributed by atoms with Crippen LogP contribution in [-0.4, -0.2) is 36.2 Å². The minimum atomic E-state index is -0.333. The van der Waals surface area contributed by atoms with Crippen LogP contribution in [0.15, 0.2) is 0 Å². The molecular weight excluding hydrogens is 252 g/mol. The Hall–Kier alpha value is -0.610. The average Bonchev–Trinajstić information content (AvgIpc) is 3.16. The Labute approximate surface area is 121 Å². The van der Waals surface area contributed by atoms with Gasteiger partial charge in [0.05, 0.1) is 12.1 Å². The molecule has 4 heteroatoms. The van der Waals surface area contributed by atoms with Crippen LogP contribution in [0.3, 0.4) is 0 Å². The van der Waals surface area contributed by atoms with Crippen LogP contribution in [0.25, 0.3) is 0 Å². The first-order chi connectivity index (χ1) is 9.59. The zero-order valence-electron chi connectivity index (χ0n) is 12.6. The highest BCUT2D eigenvalue weighted by Gasteiger charge is 2.58. The largest absolute Gasteiger partial charge is 0.394 e. The molecule has 1 spiro atoms. The maximum atomic E-state index is 12.5. The van der Waals surface area contributed by atoms with Gasteiger partial charge in [-0.3, -0.25) is 4.79 Å². The molecule has 0 aromatic carbocycles. The summed E-state index contributed by atoms with van der Waals surface area (Å²) in [6, 6.07) is 0. The molecule has 0 radical (unpaired) electrons. The van der Waals surface area contributed by atoms with E-state index < -0.39 is 0 Å². The van der Waals surface area contributed by atoms with E-state index in [0.717, 1.165) is 64.0 Å². The third-order valence-electron chi connectivity index (χ3n) is 6.03. The van der Waals surface area contributed by atoms with E-state index in [9.17, 15) is 9.90 Å². The number of aliphatic hydroxyl groups is 1. The normalized spacial score (nSPS) is 39.5. The Kier molecular flexibility index (Phi) is 3.80. The van der Waals surface area contributed by atoms with Crippen LogP contribution in [0.5, 0.6) is 0 Å². The molecule has 3 aliphatic rings. The van der Waals surface area contributed by atoms with Crippen molar-refractivity contribution in [3.8, 4) is 0 Å². The number of piperidine rings is 1. The Morgan fingerprint density at radius 3 is 2.50 bits per heavy atom. The molecule has 20 heavy (non-hydrogen) atoms. The second-order valence-electron chi connectivity index (χ2n) is 7.48. The Bertz CT molecular complexity index is 369. The van der Waals surface area contributed by atoms with Gasteiger partial charge in [0, 0.05) is 5.92 Å². The number of rotatable bonds is 3. The van der Waals surface area contributed by atoms with Gasteiger partial charge in [-0.05, 0) is 69.4 Å². The summed E-state index contributed by atoms with van der Waals surface area (Å²) in [5, 5.41) is 16.4. The third kappa shape index (κ3) is 2.60. The molecule has 0 aromatic heterocycles. The highest BCUT2D eigenvalue weighted by molar-refractivity contribution is 5.83. The molecule has 4 nitrogen and oxygen atoms in total. The Morgan fingerprint density at radius 1 is 1.25 bits per heavy atom. The maximum Gasteiger partial charge on any atom is 0.224 e. The lowest BCUT2D eigenvalue weighted by molar-refractivity contribution is -0.126. The molecule has 0 aromatic rings. The number of carbonyl (C=O) groups excluding carboxylic acids is 1. The minimum Gasteiger partial charge on any atom is -0.394 e. The highest BCUT2D eigenvalue weighted by Crippen LogP contribution is 2.58. The smallest absolute Gasteiger partial charge is 0.224 e. The summed E-state index contributed by atoms with van der Waals surface area (Å²) in [5.74, 6) is 1.13. The zero-order valence-corrected chi connectivity index (χ0v) is 12.6. The number of hydrogen-bond donors (Lipinski definition) is 3. The first kappa shape index (κ1) is 14.3. The lowest BCUT2D eigenvalue weighted by Crippen LogP contribution is -2.54. The van der Waals surface area contributed by atoms with E-state index in [1.807, 2.05) is 0 Å². The van der Waals surface area contributed by atoms with Crippen LogP contribution in [0.1, 0.15) is 51.9 Å². The molecule has 2 aliphatic carbocycles. The number of hydrogen-bond acceptors (Lipinski definition) is 3. The molecule has 114 valence electrons. The molecule has 3 fully saturated rings. The quantitative estimate of drug-likeness (QED) is 0.733. The molecule has 1 aliphatic heterocycles. The van der Waals surface area contributed by atoms with Gasteiger partial charge in [0.2, 0.25) is 5.91 Å². The van der Waals surface area contributed by atoms with Crippen LogP contribution in [0.4, 0.5) is 0 Å². The monoisotopic (exact) mass is 280 g/mol.